The molecule has 1 amide bonds. The molecule has 0 spiro atoms. The Kier molecular flexibility index (Phi) is 33.4. The topological polar surface area (TPSA) is 149 Å². The van der Waals surface area contributed by atoms with Gasteiger partial charge in [0.15, 0.2) is 6.29 Å². The van der Waals surface area contributed by atoms with Gasteiger partial charge in [-0.1, -0.05) is 172 Å². The maximum atomic E-state index is 12.9. The van der Waals surface area contributed by atoms with Gasteiger partial charge in [-0.3, -0.25) is 4.79 Å². The Labute approximate surface area is 330 Å². The van der Waals surface area contributed by atoms with Crippen LogP contribution >= 0.6 is 0 Å². The summed E-state index contributed by atoms with van der Waals surface area (Å²) in [5.74, 6) is -0.190. The lowest BCUT2D eigenvalue weighted by molar-refractivity contribution is -0.302. The van der Waals surface area contributed by atoms with E-state index in [1.54, 1.807) is 6.08 Å². The zero-order valence-corrected chi connectivity index (χ0v) is 34.5. The van der Waals surface area contributed by atoms with Crippen LogP contribution < -0.4 is 5.32 Å². The zero-order valence-electron chi connectivity index (χ0n) is 34.5. The highest BCUT2D eigenvalue weighted by Crippen LogP contribution is 2.22. The second-order valence-corrected chi connectivity index (χ2v) is 15.5. The van der Waals surface area contributed by atoms with E-state index in [0.29, 0.717) is 6.42 Å². The number of amides is 1. The number of hydrogen-bond donors (Lipinski definition) is 6. The average molecular weight is 766 g/mol. The molecule has 7 unspecified atom stereocenters. The van der Waals surface area contributed by atoms with E-state index in [0.717, 1.165) is 57.8 Å². The van der Waals surface area contributed by atoms with Crippen LogP contribution in [0.5, 0.6) is 0 Å². The monoisotopic (exact) mass is 766 g/mol. The van der Waals surface area contributed by atoms with Gasteiger partial charge in [-0.15, -0.1) is 0 Å². The molecule has 0 bridgehead atoms. The molecule has 1 aliphatic rings. The number of carbonyl (C=O) groups is 1. The first-order chi connectivity index (χ1) is 26.3. The smallest absolute Gasteiger partial charge is 0.220 e. The predicted octanol–water partition coefficient (Wildman–Crippen LogP) is 8.89. The van der Waals surface area contributed by atoms with Gasteiger partial charge in [-0.25, -0.2) is 0 Å². The van der Waals surface area contributed by atoms with Gasteiger partial charge in [0.1, 0.15) is 24.4 Å². The van der Waals surface area contributed by atoms with Crippen LogP contribution in [0.1, 0.15) is 187 Å². The molecule has 316 valence electrons. The third-order valence-corrected chi connectivity index (χ3v) is 10.5. The van der Waals surface area contributed by atoms with Gasteiger partial charge in [0.05, 0.1) is 25.4 Å². The average Bonchev–Trinajstić information content (AvgIpc) is 3.17. The van der Waals surface area contributed by atoms with E-state index in [-0.39, 0.29) is 12.5 Å². The van der Waals surface area contributed by atoms with E-state index in [9.17, 15) is 30.3 Å². The van der Waals surface area contributed by atoms with E-state index in [4.69, 9.17) is 9.47 Å². The SMILES string of the molecule is CCCCC/C=C\C=C/CCCCCCCCC(=O)NC(COC1OC(CO)C(O)C(O)C1O)C(O)/C=C/CCCCCCCCCCCCCCCC. The van der Waals surface area contributed by atoms with Crippen molar-refractivity contribution in [2.45, 2.75) is 230 Å². The number of aliphatic hydroxyl groups is 5. The summed E-state index contributed by atoms with van der Waals surface area (Å²) in [7, 11) is 0. The van der Waals surface area contributed by atoms with E-state index in [1.807, 2.05) is 6.08 Å². The van der Waals surface area contributed by atoms with Gasteiger partial charge >= 0.3 is 0 Å². The summed E-state index contributed by atoms with van der Waals surface area (Å²) < 4.78 is 11.2. The van der Waals surface area contributed by atoms with Crippen LogP contribution in [0.3, 0.4) is 0 Å². The van der Waals surface area contributed by atoms with Gasteiger partial charge in [0, 0.05) is 6.42 Å². The van der Waals surface area contributed by atoms with Crippen LogP contribution in [0, 0.1) is 0 Å². The Morgan fingerprint density at radius 1 is 0.630 bits per heavy atom. The standard InChI is InChI=1S/C45H83NO8/c1-3-5-7-9-11-13-15-17-19-21-22-24-26-28-30-32-34-39(48)38(37-53-45-44(52)43(51)42(50)40(36-47)54-45)46-41(49)35-33-31-29-27-25-23-20-18-16-14-12-10-8-6-4-2/h12,14,16,18,32,34,38-40,42-45,47-48,50-52H,3-11,13,15,17,19-31,33,35-37H2,1-2H3,(H,46,49)/b14-12-,18-16-,34-32+. The number of aliphatic hydroxyl groups excluding tert-OH is 5. The lowest BCUT2D eigenvalue weighted by Crippen LogP contribution is -2.60. The third-order valence-electron chi connectivity index (χ3n) is 10.5. The number of unbranched alkanes of at least 4 members (excludes halogenated alkanes) is 23. The fraction of sp³-hybridized carbons (Fsp3) is 0.844. The number of ether oxygens (including phenoxy) is 2. The van der Waals surface area contributed by atoms with Crippen molar-refractivity contribution in [3.8, 4) is 0 Å². The van der Waals surface area contributed by atoms with Crippen LogP contribution in [-0.2, 0) is 14.3 Å². The molecule has 1 saturated heterocycles. The fourth-order valence-corrected chi connectivity index (χ4v) is 6.85. The number of carbonyl (C=O) groups excluding carboxylic acids is 1. The molecule has 1 aliphatic heterocycles. The van der Waals surface area contributed by atoms with Gasteiger partial charge < -0.3 is 40.3 Å². The summed E-state index contributed by atoms with van der Waals surface area (Å²) in [5, 5.41) is 54.1. The van der Waals surface area contributed by atoms with Crippen LogP contribution in [0.15, 0.2) is 36.5 Å². The van der Waals surface area contributed by atoms with Crippen molar-refractivity contribution in [1.82, 2.24) is 5.32 Å². The molecule has 1 fully saturated rings. The minimum atomic E-state index is -1.57. The van der Waals surface area contributed by atoms with Gasteiger partial charge in [-0.05, 0) is 44.9 Å². The third kappa shape index (κ3) is 26.3. The molecule has 0 aliphatic carbocycles. The van der Waals surface area contributed by atoms with Crippen molar-refractivity contribution in [1.29, 1.82) is 0 Å². The normalized spacial score (nSPS) is 21.8. The van der Waals surface area contributed by atoms with Crippen molar-refractivity contribution >= 4 is 5.91 Å². The molecule has 1 heterocycles. The molecule has 0 saturated carbocycles. The van der Waals surface area contributed by atoms with Crippen LogP contribution in [0.25, 0.3) is 0 Å². The van der Waals surface area contributed by atoms with Crippen LogP contribution in [-0.4, -0.2) is 87.5 Å². The van der Waals surface area contributed by atoms with E-state index < -0.39 is 49.5 Å². The molecule has 0 aromatic rings. The van der Waals surface area contributed by atoms with Crippen molar-refractivity contribution in [3.63, 3.8) is 0 Å². The highest BCUT2D eigenvalue weighted by Gasteiger charge is 2.44. The molecule has 9 nitrogen and oxygen atoms in total. The largest absolute Gasteiger partial charge is 0.394 e. The summed E-state index contributed by atoms with van der Waals surface area (Å²) in [4.78, 5) is 12.9. The second-order valence-electron chi connectivity index (χ2n) is 15.5. The number of allylic oxidation sites excluding steroid dienone is 5. The molecule has 6 N–H and O–H groups in total. The van der Waals surface area contributed by atoms with E-state index in [1.165, 1.54) is 109 Å². The first-order valence-electron chi connectivity index (χ1n) is 22.2. The molecule has 0 radical (unpaired) electrons. The molecular formula is C45H83NO8. The number of rotatable bonds is 36. The maximum absolute atomic E-state index is 12.9. The molecule has 7 atom stereocenters. The quantitative estimate of drug-likeness (QED) is 0.0211. The Hall–Kier alpha value is -1.59. The van der Waals surface area contributed by atoms with Crippen molar-refractivity contribution < 1.29 is 39.8 Å². The summed E-state index contributed by atoms with van der Waals surface area (Å²) in [5.41, 5.74) is 0. The Morgan fingerprint density at radius 3 is 1.59 bits per heavy atom. The molecule has 0 aromatic carbocycles. The van der Waals surface area contributed by atoms with Crippen LogP contribution in [0.4, 0.5) is 0 Å². The summed E-state index contributed by atoms with van der Waals surface area (Å²) >= 11 is 0. The molecule has 9 heteroatoms. The van der Waals surface area contributed by atoms with Gasteiger partial charge in [0.2, 0.25) is 5.91 Å². The maximum Gasteiger partial charge on any atom is 0.220 e. The first-order valence-corrected chi connectivity index (χ1v) is 22.2. The lowest BCUT2D eigenvalue weighted by Gasteiger charge is -2.40. The van der Waals surface area contributed by atoms with Crippen molar-refractivity contribution in [2.24, 2.45) is 0 Å². The summed E-state index contributed by atoms with van der Waals surface area (Å²) in [6.07, 6.45) is 36.0. The van der Waals surface area contributed by atoms with Crippen LogP contribution in [0.2, 0.25) is 0 Å². The summed E-state index contributed by atoms with van der Waals surface area (Å²) in [6.45, 7) is 3.73. The fourth-order valence-electron chi connectivity index (χ4n) is 6.85. The molecule has 1 rings (SSSR count). The van der Waals surface area contributed by atoms with E-state index >= 15 is 0 Å². The highest BCUT2D eigenvalue weighted by atomic mass is 16.7. The molecular weight excluding hydrogens is 682 g/mol. The lowest BCUT2D eigenvalue weighted by atomic mass is 9.99. The second kappa shape index (κ2) is 35.8. The number of nitrogens with one attached hydrogen (secondary N) is 1. The molecule has 54 heavy (non-hydrogen) atoms. The minimum Gasteiger partial charge on any atom is -0.394 e. The predicted molar refractivity (Wildman–Crippen MR) is 221 cm³/mol. The summed E-state index contributed by atoms with van der Waals surface area (Å²) in [6, 6.07) is -0.809. The minimum absolute atomic E-state index is 0.190. The highest BCUT2D eigenvalue weighted by molar-refractivity contribution is 5.76. The Morgan fingerprint density at radius 2 is 1.07 bits per heavy atom. The zero-order chi connectivity index (χ0) is 39.5. The molecule has 0 aromatic heterocycles. The van der Waals surface area contributed by atoms with Crippen molar-refractivity contribution in [2.75, 3.05) is 13.2 Å². The Bertz CT molecular complexity index is 941. The number of hydrogen-bond acceptors (Lipinski definition) is 8. The van der Waals surface area contributed by atoms with Gasteiger partial charge in [-0.2, -0.15) is 0 Å². The first kappa shape index (κ1) is 50.4. The van der Waals surface area contributed by atoms with Crippen molar-refractivity contribution in [3.05, 3.63) is 36.5 Å². The Balaban J connectivity index is 2.40. The van der Waals surface area contributed by atoms with E-state index in [2.05, 4.69) is 43.5 Å². The van der Waals surface area contributed by atoms with Gasteiger partial charge in [0.25, 0.3) is 0 Å².